The monoisotopic (exact) mass is 341 g/mol. The molecule has 0 spiro atoms. The van der Waals surface area contributed by atoms with Crippen LogP contribution in [0.25, 0.3) is 11.0 Å². The van der Waals surface area contributed by atoms with Crippen molar-refractivity contribution in [1.82, 2.24) is 9.88 Å². The van der Waals surface area contributed by atoms with E-state index in [1.165, 1.54) is 7.11 Å². The van der Waals surface area contributed by atoms with Crippen molar-refractivity contribution in [2.45, 2.75) is 6.54 Å². The molecule has 0 saturated carbocycles. The Balaban J connectivity index is 1.41. The highest BCUT2D eigenvalue weighted by Gasteiger charge is 2.20. The molecule has 0 N–H and O–H groups in total. The standard InChI is InChI=1S/C19H20FN3O2/c1-24-18-3-2-14(12-16(18)20)13-22-7-9-23(10-8-22)19-15-5-11-25-17(15)4-6-21-19/h2-6,11-12H,7-10,13H2,1H3. The van der Waals surface area contributed by atoms with E-state index in [0.29, 0.717) is 0 Å². The summed E-state index contributed by atoms with van der Waals surface area (Å²) < 4.78 is 24.3. The molecule has 1 aromatic carbocycles. The number of hydrogen-bond donors (Lipinski definition) is 0. The molecule has 5 nitrogen and oxygen atoms in total. The van der Waals surface area contributed by atoms with Gasteiger partial charge in [-0.2, -0.15) is 0 Å². The van der Waals surface area contributed by atoms with Gasteiger partial charge in [-0.05, 0) is 29.8 Å². The number of benzene rings is 1. The lowest BCUT2D eigenvalue weighted by molar-refractivity contribution is 0.249. The molecule has 0 atom stereocenters. The first-order valence-electron chi connectivity index (χ1n) is 8.36. The summed E-state index contributed by atoms with van der Waals surface area (Å²) in [5, 5.41) is 1.05. The molecule has 0 amide bonds. The number of furan rings is 1. The third-order valence-corrected chi connectivity index (χ3v) is 4.65. The first kappa shape index (κ1) is 15.9. The second-order valence-electron chi connectivity index (χ2n) is 6.20. The molecule has 4 rings (SSSR count). The topological polar surface area (TPSA) is 41.7 Å². The molecule has 6 heteroatoms. The van der Waals surface area contributed by atoms with Crippen LogP contribution in [-0.4, -0.2) is 43.2 Å². The van der Waals surface area contributed by atoms with E-state index in [4.69, 9.17) is 9.15 Å². The first-order valence-corrected chi connectivity index (χ1v) is 8.36. The van der Waals surface area contributed by atoms with Crippen molar-refractivity contribution in [2.24, 2.45) is 0 Å². The van der Waals surface area contributed by atoms with Crippen LogP contribution in [-0.2, 0) is 6.54 Å². The Bertz CT molecular complexity index is 872. The van der Waals surface area contributed by atoms with E-state index in [2.05, 4.69) is 14.8 Å². The number of piperazine rings is 1. The van der Waals surface area contributed by atoms with Crippen LogP contribution in [0.3, 0.4) is 0 Å². The van der Waals surface area contributed by atoms with Gasteiger partial charge in [-0.15, -0.1) is 0 Å². The van der Waals surface area contributed by atoms with Crippen LogP contribution in [0.2, 0.25) is 0 Å². The number of halogens is 1. The summed E-state index contributed by atoms with van der Waals surface area (Å²) in [6.07, 6.45) is 3.48. The molecule has 1 aliphatic heterocycles. The number of hydrogen-bond acceptors (Lipinski definition) is 5. The molecule has 130 valence electrons. The lowest BCUT2D eigenvalue weighted by Crippen LogP contribution is -2.46. The lowest BCUT2D eigenvalue weighted by atomic mass is 10.1. The lowest BCUT2D eigenvalue weighted by Gasteiger charge is -2.35. The minimum Gasteiger partial charge on any atom is -0.494 e. The molecule has 1 saturated heterocycles. The van der Waals surface area contributed by atoms with E-state index < -0.39 is 0 Å². The number of rotatable bonds is 4. The van der Waals surface area contributed by atoms with Gasteiger partial charge in [-0.3, -0.25) is 4.90 Å². The van der Waals surface area contributed by atoms with Gasteiger partial charge in [0.05, 0.1) is 18.8 Å². The number of fused-ring (bicyclic) bond motifs is 1. The summed E-state index contributed by atoms with van der Waals surface area (Å²) >= 11 is 0. The van der Waals surface area contributed by atoms with Crippen LogP contribution in [0, 0.1) is 5.82 Å². The zero-order valence-corrected chi connectivity index (χ0v) is 14.1. The van der Waals surface area contributed by atoms with Crippen LogP contribution in [0.4, 0.5) is 10.2 Å². The number of ether oxygens (including phenoxy) is 1. The Morgan fingerprint density at radius 1 is 1.16 bits per heavy atom. The number of aromatic nitrogens is 1. The molecule has 3 heterocycles. The van der Waals surface area contributed by atoms with Crippen LogP contribution in [0.5, 0.6) is 5.75 Å². The predicted octanol–water partition coefficient (Wildman–Crippen LogP) is 3.30. The van der Waals surface area contributed by atoms with Gasteiger partial charge in [0.25, 0.3) is 0 Å². The Kier molecular flexibility index (Phi) is 4.28. The van der Waals surface area contributed by atoms with Crippen molar-refractivity contribution in [3.05, 3.63) is 54.2 Å². The van der Waals surface area contributed by atoms with E-state index in [0.717, 1.165) is 55.1 Å². The first-order chi connectivity index (χ1) is 12.2. The zero-order valence-electron chi connectivity index (χ0n) is 14.1. The highest BCUT2D eigenvalue weighted by atomic mass is 19.1. The van der Waals surface area contributed by atoms with Gasteiger partial charge in [0.15, 0.2) is 11.6 Å². The van der Waals surface area contributed by atoms with Crippen LogP contribution in [0.1, 0.15) is 5.56 Å². The van der Waals surface area contributed by atoms with Crippen molar-refractivity contribution >= 4 is 16.8 Å². The number of nitrogens with zero attached hydrogens (tertiary/aromatic N) is 3. The van der Waals surface area contributed by atoms with Gasteiger partial charge in [0.2, 0.25) is 0 Å². The van der Waals surface area contributed by atoms with Gasteiger partial charge in [0.1, 0.15) is 11.4 Å². The van der Waals surface area contributed by atoms with Gasteiger partial charge < -0.3 is 14.1 Å². The average molecular weight is 341 g/mol. The van der Waals surface area contributed by atoms with E-state index >= 15 is 0 Å². The minimum atomic E-state index is -0.311. The number of methoxy groups -OCH3 is 1. The quantitative estimate of drug-likeness (QED) is 0.728. The Hall–Kier alpha value is -2.60. The summed E-state index contributed by atoms with van der Waals surface area (Å²) in [4.78, 5) is 9.13. The van der Waals surface area contributed by atoms with Gasteiger partial charge in [0, 0.05) is 38.9 Å². The smallest absolute Gasteiger partial charge is 0.165 e. The third-order valence-electron chi connectivity index (χ3n) is 4.65. The third kappa shape index (κ3) is 3.17. The molecule has 25 heavy (non-hydrogen) atoms. The zero-order chi connectivity index (χ0) is 17.2. The van der Waals surface area contributed by atoms with Crippen molar-refractivity contribution in [2.75, 3.05) is 38.2 Å². The second-order valence-corrected chi connectivity index (χ2v) is 6.20. The van der Waals surface area contributed by atoms with Crippen molar-refractivity contribution in [3.63, 3.8) is 0 Å². The van der Waals surface area contributed by atoms with Gasteiger partial charge >= 0.3 is 0 Å². The molecule has 1 aliphatic rings. The van der Waals surface area contributed by atoms with Crippen molar-refractivity contribution < 1.29 is 13.5 Å². The van der Waals surface area contributed by atoms with E-state index in [1.807, 2.05) is 18.2 Å². The maximum atomic E-state index is 13.8. The second kappa shape index (κ2) is 6.72. The molecule has 2 aromatic heterocycles. The molecule has 3 aromatic rings. The SMILES string of the molecule is COc1ccc(CN2CCN(c3nccc4occc34)CC2)cc1F. The highest BCUT2D eigenvalue weighted by Crippen LogP contribution is 2.26. The van der Waals surface area contributed by atoms with Gasteiger partial charge in [-0.1, -0.05) is 6.07 Å². The van der Waals surface area contributed by atoms with Gasteiger partial charge in [-0.25, -0.2) is 9.37 Å². The minimum absolute atomic E-state index is 0.285. The van der Waals surface area contributed by atoms with Crippen LogP contribution < -0.4 is 9.64 Å². The van der Waals surface area contributed by atoms with E-state index in [-0.39, 0.29) is 11.6 Å². The summed E-state index contributed by atoms with van der Waals surface area (Å²) in [6, 6.07) is 9.00. The fourth-order valence-electron chi connectivity index (χ4n) is 3.32. The molecule has 0 aliphatic carbocycles. The van der Waals surface area contributed by atoms with Crippen molar-refractivity contribution in [1.29, 1.82) is 0 Å². The van der Waals surface area contributed by atoms with Crippen molar-refractivity contribution in [3.8, 4) is 5.75 Å². The van der Waals surface area contributed by atoms with Crippen LogP contribution >= 0.6 is 0 Å². The predicted molar refractivity (Wildman–Crippen MR) is 94.5 cm³/mol. The summed E-state index contributed by atoms with van der Waals surface area (Å²) in [6.45, 7) is 4.32. The average Bonchev–Trinajstić information content (AvgIpc) is 3.11. The van der Waals surface area contributed by atoms with Crippen LogP contribution in [0.15, 0.2) is 47.2 Å². The normalized spacial score (nSPS) is 15.7. The maximum absolute atomic E-state index is 13.8. The summed E-state index contributed by atoms with van der Waals surface area (Å²) in [7, 11) is 1.48. The largest absolute Gasteiger partial charge is 0.494 e. The van der Waals surface area contributed by atoms with E-state index in [9.17, 15) is 4.39 Å². The Morgan fingerprint density at radius 2 is 2.00 bits per heavy atom. The number of anilines is 1. The molecule has 0 radical (unpaired) electrons. The molecule has 1 fully saturated rings. The molecule has 0 unspecified atom stereocenters. The fourth-order valence-corrected chi connectivity index (χ4v) is 3.32. The molecular formula is C19H20FN3O2. The van der Waals surface area contributed by atoms with E-state index in [1.54, 1.807) is 24.6 Å². The Labute approximate surface area is 145 Å². The molecular weight excluding hydrogens is 321 g/mol. The highest BCUT2D eigenvalue weighted by molar-refractivity contribution is 5.88. The Morgan fingerprint density at radius 3 is 2.76 bits per heavy atom. The summed E-state index contributed by atoms with van der Waals surface area (Å²) in [5.74, 6) is 0.948. The number of pyridine rings is 1. The molecule has 0 bridgehead atoms. The summed E-state index contributed by atoms with van der Waals surface area (Å²) in [5.41, 5.74) is 1.82. The maximum Gasteiger partial charge on any atom is 0.165 e. The fraction of sp³-hybridized carbons (Fsp3) is 0.316.